The third-order valence-electron chi connectivity index (χ3n) is 5.29. The third-order valence-corrected chi connectivity index (χ3v) is 7.10. The molecule has 2 aromatic rings. The molecule has 0 saturated carbocycles. The summed E-state index contributed by atoms with van der Waals surface area (Å²) in [6.07, 6.45) is 2.35. The minimum absolute atomic E-state index is 0.0300. The van der Waals surface area contributed by atoms with Gasteiger partial charge in [0.1, 0.15) is 11.3 Å². The summed E-state index contributed by atoms with van der Waals surface area (Å²) in [5, 5.41) is 2.75. The normalized spacial score (nSPS) is 13.9. The monoisotopic (exact) mass is 460 g/mol. The number of nitrogens with one attached hydrogen (secondary N) is 1. The highest BCUT2D eigenvalue weighted by atomic mass is 32.2. The second-order valence-corrected chi connectivity index (χ2v) is 9.51. The largest absolute Gasteiger partial charge is 0.496 e. The highest BCUT2D eigenvalue weighted by molar-refractivity contribution is 7.92. The van der Waals surface area contributed by atoms with Crippen LogP contribution in [0.3, 0.4) is 0 Å². The van der Waals surface area contributed by atoms with E-state index in [0.717, 1.165) is 18.4 Å². The molecule has 8 nitrogen and oxygen atoms in total. The first-order valence-electron chi connectivity index (χ1n) is 10.5. The zero-order valence-corrected chi connectivity index (χ0v) is 19.3. The van der Waals surface area contributed by atoms with E-state index in [1.54, 1.807) is 12.1 Å². The van der Waals surface area contributed by atoms with Gasteiger partial charge in [0, 0.05) is 12.6 Å². The molecule has 0 fully saturated rings. The summed E-state index contributed by atoms with van der Waals surface area (Å²) in [6.45, 7) is 3.74. The summed E-state index contributed by atoms with van der Waals surface area (Å²) in [4.78, 5) is 24.6. The maximum atomic E-state index is 13.3. The van der Waals surface area contributed by atoms with Gasteiger partial charge in [-0.25, -0.2) is 13.2 Å². The third kappa shape index (κ3) is 5.04. The number of para-hydroxylation sites is 1. The minimum atomic E-state index is -3.90. The van der Waals surface area contributed by atoms with Gasteiger partial charge in [-0.2, -0.15) is 0 Å². The van der Waals surface area contributed by atoms with Crippen molar-refractivity contribution in [2.75, 3.05) is 24.6 Å². The average molecular weight is 461 g/mol. The average Bonchev–Trinajstić information content (AvgIpc) is 3.22. The minimum Gasteiger partial charge on any atom is -0.496 e. The molecule has 1 aliphatic heterocycles. The Morgan fingerprint density at radius 1 is 1.19 bits per heavy atom. The second kappa shape index (κ2) is 10.0. The Labute approximate surface area is 188 Å². The van der Waals surface area contributed by atoms with Crippen LogP contribution in [-0.4, -0.2) is 46.6 Å². The van der Waals surface area contributed by atoms with Crippen molar-refractivity contribution < 1.29 is 27.5 Å². The number of ether oxygens (including phenoxy) is 2. The molecule has 0 spiro atoms. The lowest BCUT2D eigenvalue weighted by Crippen LogP contribution is -2.35. The summed E-state index contributed by atoms with van der Waals surface area (Å²) in [5.41, 5.74) is 1.52. The van der Waals surface area contributed by atoms with Crippen LogP contribution in [0.15, 0.2) is 47.4 Å². The maximum absolute atomic E-state index is 13.3. The van der Waals surface area contributed by atoms with Crippen molar-refractivity contribution >= 4 is 27.6 Å². The molecule has 1 heterocycles. The maximum Gasteiger partial charge on any atom is 0.342 e. The van der Waals surface area contributed by atoms with Crippen LogP contribution in [0, 0.1) is 0 Å². The Morgan fingerprint density at radius 2 is 1.94 bits per heavy atom. The van der Waals surface area contributed by atoms with Crippen molar-refractivity contribution in [3.05, 3.63) is 53.6 Å². The standard InChI is InChI=1S/C23H28N2O6S/c1-4-7-16(2)24-22(26)15-31-23(27)19-14-18(10-11-21(19)30-3)32(28,29)25-13-12-17-8-5-6-9-20(17)25/h5-6,8-11,14,16H,4,7,12-13,15H2,1-3H3,(H,24,26)/t16-/m0/s1. The van der Waals surface area contributed by atoms with E-state index in [1.165, 1.54) is 29.6 Å². The summed E-state index contributed by atoms with van der Waals surface area (Å²) in [5.74, 6) is -1.09. The number of fused-ring (bicyclic) bond motifs is 1. The van der Waals surface area contributed by atoms with Gasteiger partial charge in [-0.1, -0.05) is 31.5 Å². The van der Waals surface area contributed by atoms with Crippen molar-refractivity contribution in [1.29, 1.82) is 0 Å². The molecule has 1 aliphatic rings. The highest BCUT2D eigenvalue weighted by Crippen LogP contribution is 2.34. The fraction of sp³-hybridized carbons (Fsp3) is 0.391. The molecule has 0 unspecified atom stereocenters. The van der Waals surface area contributed by atoms with Crippen LogP contribution in [0.5, 0.6) is 5.75 Å². The fourth-order valence-electron chi connectivity index (χ4n) is 3.72. The summed E-state index contributed by atoms with van der Waals surface area (Å²) >= 11 is 0. The van der Waals surface area contributed by atoms with Crippen LogP contribution in [0.4, 0.5) is 5.69 Å². The Kier molecular flexibility index (Phi) is 7.40. The number of hydrogen-bond donors (Lipinski definition) is 1. The first-order valence-corrected chi connectivity index (χ1v) is 12.0. The van der Waals surface area contributed by atoms with Gasteiger partial charge in [0.15, 0.2) is 6.61 Å². The van der Waals surface area contributed by atoms with Gasteiger partial charge < -0.3 is 14.8 Å². The van der Waals surface area contributed by atoms with Gasteiger partial charge in [-0.15, -0.1) is 0 Å². The lowest BCUT2D eigenvalue weighted by molar-refractivity contribution is -0.124. The summed E-state index contributed by atoms with van der Waals surface area (Å²) in [7, 11) is -2.52. The molecular weight excluding hydrogens is 432 g/mol. The first-order chi connectivity index (χ1) is 15.3. The van der Waals surface area contributed by atoms with E-state index in [2.05, 4.69) is 5.32 Å². The van der Waals surface area contributed by atoms with Gasteiger partial charge in [0.25, 0.3) is 15.9 Å². The van der Waals surface area contributed by atoms with Gasteiger partial charge >= 0.3 is 5.97 Å². The number of carbonyl (C=O) groups is 2. The SMILES string of the molecule is CCC[C@H](C)NC(=O)COC(=O)c1cc(S(=O)(=O)N2CCc3ccccc32)ccc1OC. The van der Waals surface area contributed by atoms with E-state index in [0.29, 0.717) is 18.7 Å². The molecule has 3 rings (SSSR count). The zero-order valence-electron chi connectivity index (χ0n) is 18.5. The Bertz CT molecular complexity index is 1100. The van der Waals surface area contributed by atoms with Gasteiger partial charge in [-0.05, 0) is 49.6 Å². The van der Waals surface area contributed by atoms with Gasteiger partial charge in [0.2, 0.25) is 0 Å². The van der Waals surface area contributed by atoms with Crippen LogP contribution >= 0.6 is 0 Å². The van der Waals surface area contributed by atoms with Crippen molar-refractivity contribution in [3.63, 3.8) is 0 Å². The van der Waals surface area contributed by atoms with E-state index < -0.39 is 28.5 Å². The lowest BCUT2D eigenvalue weighted by Gasteiger charge is -2.20. The second-order valence-electron chi connectivity index (χ2n) is 7.65. The van der Waals surface area contributed by atoms with Crippen molar-refractivity contribution in [3.8, 4) is 5.75 Å². The number of esters is 1. The van der Waals surface area contributed by atoms with Crippen LogP contribution < -0.4 is 14.4 Å². The lowest BCUT2D eigenvalue weighted by atomic mass is 10.2. The summed E-state index contributed by atoms with van der Waals surface area (Å²) in [6, 6.07) is 11.3. The molecule has 0 bridgehead atoms. The molecule has 0 aliphatic carbocycles. The molecule has 1 atom stereocenters. The zero-order chi connectivity index (χ0) is 23.3. The van der Waals surface area contributed by atoms with E-state index in [-0.39, 0.29) is 22.3 Å². The van der Waals surface area contributed by atoms with Crippen molar-refractivity contribution in [2.24, 2.45) is 0 Å². The van der Waals surface area contributed by atoms with Crippen LogP contribution in [0.25, 0.3) is 0 Å². The number of anilines is 1. The molecular formula is C23H28N2O6S. The number of benzene rings is 2. The Morgan fingerprint density at radius 3 is 2.66 bits per heavy atom. The predicted octanol–water partition coefficient (Wildman–Crippen LogP) is 2.91. The van der Waals surface area contributed by atoms with Gasteiger partial charge in [0.05, 0.1) is 17.7 Å². The number of rotatable bonds is 9. The number of carbonyl (C=O) groups excluding carboxylic acids is 2. The van der Waals surface area contributed by atoms with E-state index in [9.17, 15) is 18.0 Å². The van der Waals surface area contributed by atoms with Crippen molar-refractivity contribution in [2.45, 2.75) is 44.0 Å². The van der Waals surface area contributed by atoms with Crippen LogP contribution in [0.2, 0.25) is 0 Å². The first kappa shape index (κ1) is 23.6. The fourth-order valence-corrected chi connectivity index (χ4v) is 5.25. The Hall–Kier alpha value is -3.07. The molecule has 0 saturated heterocycles. The number of sulfonamides is 1. The van der Waals surface area contributed by atoms with Crippen LogP contribution in [-0.2, 0) is 26.0 Å². The van der Waals surface area contributed by atoms with Crippen molar-refractivity contribution in [1.82, 2.24) is 5.32 Å². The number of methoxy groups -OCH3 is 1. The van der Waals surface area contributed by atoms with E-state index in [1.807, 2.05) is 26.0 Å². The van der Waals surface area contributed by atoms with E-state index >= 15 is 0 Å². The number of hydrogen-bond acceptors (Lipinski definition) is 6. The molecule has 2 aromatic carbocycles. The molecule has 1 N–H and O–H groups in total. The molecule has 172 valence electrons. The molecule has 32 heavy (non-hydrogen) atoms. The van der Waals surface area contributed by atoms with Gasteiger partial charge in [-0.3, -0.25) is 9.10 Å². The molecule has 0 aromatic heterocycles. The van der Waals surface area contributed by atoms with E-state index in [4.69, 9.17) is 9.47 Å². The topological polar surface area (TPSA) is 102 Å². The number of amides is 1. The summed E-state index contributed by atoms with van der Waals surface area (Å²) < 4.78 is 38.2. The predicted molar refractivity (Wildman–Crippen MR) is 120 cm³/mol. The Balaban J connectivity index is 1.80. The quantitative estimate of drug-likeness (QED) is 0.578. The molecule has 1 amide bonds. The molecule has 0 radical (unpaired) electrons. The molecule has 9 heteroatoms. The smallest absolute Gasteiger partial charge is 0.342 e. The number of nitrogens with zero attached hydrogens (tertiary/aromatic N) is 1. The van der Waals surface area contributed by atoms with Crippen LogP contribution in [0.1, 0.15) is 42.6 Å². The highest BCUT2D eigenvalue weighted by Gasteiger charge is 2.32.